The predicted molar refractivity (Wildman–Crippen MR) is 95.9 cm³/mol. The first-order valence-corrected chi connectivity index (χ1v) is 8.16. The molecule has 0 saturated heterocycles. The van der Waals surface area contributed by atoms with E-state index in [2.05, 4.69) is 5.32 Å². The fraction of sp³-hybridized carbons (Fsp3) is 0.611. The van der Waals surface area contributed by atoms with Gasteiger partial charge in [-0.1, -0.05) is 39.0 Å². The molecular formula is C18H29ClN2O2. The third-order valence-electron chi connectivity index (χ3n) is 4.24. The van der Waals surface area contributed by atoms with Crippen molar-refractivity contribution in [3.8, 4) is 5.75 Å². The van der Waals surface area contributed by atoms with Gasteiger partial charge in [-0.3, -0.25) is 4.79 Å². The molecule has 1 aliphatic carbocycles. The molecule has 0 radical (unpaired) electrons. The normalized spacial score (nSPS) is 16.5. The number of rotatable bonds is 5. The van der Waals surface area contributed by atoms with Crippen LogP contribution in [0.15, 0.2) is 24.3 Å². The minimum absolute atomic E-state index is 0. The second-order valence-electron chi connectivity index (χ2n) is 7.19. The highest BCUT2D eigenvalue weighted by Crippen LogP contribution is 2.26. The van der Waals surface area contributed by atoms with Gasteiger partial charge < -0.3 is 15.8 Å². The molecule has 1 aliphatic rings. The standard InChI is InChI=1S/C18H28N2O2.ClH/c1-18(2,3)16(19)17(21)20-12-13-8-4-7-11-15(13)22-14-9-5-6-10-14;/h4,7-8,11,14,16H,5-6,9-10,12,19H2,1-3H3,(H,20,21);1H/t16-;/m1./s1. The quantitative estimate of drug-likeness (QED) is 0.863. The molecule has 1 amide bonds. The van der Waals surface area contributed by atoms with E-state index in [1.54, 1.807) is 0 Å². The van der Waals surface area contributed by atoms with Crippen LogP contribution in [0.3, 0.4) is 0 Å². The third-order valence-corrected chi connectivity index (χ3v) is 4.24. The lowest BCUT2D eigenvalue weighted by Gasteiger charge is -2.26. The van der Waals surface area contributed by atoms with Crippen molar-refractivity contribution in [2.75, 3.05) is 0 Å². The number of para-hydroxylation sites is 1. The highest BCUT2D eigenvalue weighted by Gasteiger charge is 2.27. The second-order valence-corrected chi connectivity index (χ2v) is 7.19. The van der Waals surface area contributed by atoms with Crippen molar-refractivity contribution < 1.29 is 9.53 Å². The van der Waals surface area contributed by atoms with Crippen molar-refractivity contribution in [1.82, 2.24) is 5.32 Å². The van der Waals surface area contributed by atoms with E-state index in [1.807, 2.05) is 45.0 Å². The van der Waals surface area contributed by atoms with Crippen LogP contribution in [0.4, 0.5) is 0 Å². The van der Waals surface area contributed by atoms with Gasteiger partial charge in [-0.25, -0.2) is 0 Å². The van der Waals surface area contributed by atoms with Crippen molar-refractivity contribution >= 4 is 18.3 Å². The van der Waals surface area contributed by atoms with Gasteiger partial charge in [0.25, 0.3) is 0 Å². The molecule has 1 atom stereocenters. The molecular weight excluding hydrogens is 312 g/mol. The number of nitrogens with one attached hydrogen (secondary N) is 1. The molecule has 1 aromatic rings. The minimum atomic E-state index is -0.518. The summed E-state index contributed by atoms with van der Waals surface area (Å²) in [5.74, 6) is 0.752. The SMILES string of the molecule is CC(C)(C)[C@H](N)C(=O)NCc1ccccc1OC1CCCC1.Cl. The highest BCUT2D eigenvalue weighted by atomic mass is 35.5. The summed E-state index contributed by atoms with van der Waals surface area (Å²) in [6.45, 7) is 6.35. The molecule has 23 heavy (non-hydrogen) atoms. The Morgan fingerprint density at radius 3 is 2.52 bits per heavy atom. The van der Waals surface area contributed by atoms with Crippen LogP contribution in [0.1, 0.15) is 52.0 Å². The van der Waals surface area contributed by atoms with Gasteiger partial charge in [0.15, 0.2) is 0 Å². The van der Waals surface area contributed by atoms with E-state index < -0.39 is 6.04 Å². The zero-order valence-corrected chi connectivity index (χ0v) is 15.1. The van der Waals surface area contributed by atoms with Crippen molar-refractivity contribution in [2.45, 2.75) is 65.1 Å². The van der Waals surface area contributed by atoms with Gasteiger partial charge in [-0.05, 0) is 37.2 Å². The maximum Gasteiger partial charge on any atom is 0.237 e. The number of carbonyl (C=O) groups excluding carboxylic acids is 1. The Morgan fingerprint density at radius 2 is 1.91 bits per heavy atom. The van der Waals surface area contributed by atoms with E-state index >= 15 is 0 Å². The Labute approximate surface area is 145 Å². The molecule has 0 aliphatic heterocycles. The van der Waals surface area contributed by atoms with E-state index in [-0.39, 0.29) is 23.7 Å². The summed E-state index contributed by atoms with van der Waals surface area (Å²) in [6, 6.07) is 7.38. The molecule has 3 N–H and O–H groups in total. The Hall–Kier alpha value is -1.26. The summed E-state index contributed by atoms with van der Waals surface area (Å²) in [4.78, 5) is 12.1. The maximum atomic E-state index is 12.1. The first kappa shape index (κ1) is 19.8. The number of nitrogens with two attached hydrogens (primary N) is 1. The summed E-state index contributed by atoms with van der Waals surface area (Å²) in [6.07, 6.45) is 5.04. The van der Waals surface area contributed by atoms with Crippen molar-refractivity contribution in [2.24, 2.45) is 11.1 Å². The average Bonchev–Trinajstić information content (AvgIpc) is 2.97. The average molecular weight is 341 g/mol. The smallest absolute Gasteiger partial charge is 0.237 e. The monoisotopic (exact) mass is 340 g/mol. The number of carbonyl (C=O) groups is 1. The molecule has 2 rings (SSSR count). The van der Waals surface area contributed by atoms with Crippen molar-refractivity contribution in [1.29, 1.82) is 0 Å². The van der Waals surface area contributed by atoms with Crippen LogP contribution < -0.4 is 15.8 Å². The summed E-state index contributed by atoms with van der Waals surface area (Å²) in [5.41, 5.74) is 6.74. The van der Waals surface area contributed by atoms with Crippen LogP contribution in [0.5, 0.6) is 5.75 Å². The van der Waals surface area contributed by atoms with Crippen LogP contribution >= 0.6 is 12.4 Å². The van der Waals surface area contributed by atoms with Gasteiger partial charge in [0.1, 0.15) is 5.75 Å². The molecule has 1 saturated carbocycles. The summed E-state index contributed by atoms with van der Waals surface area (Å²) in [5, 5.41) is 2.93. The molecule has 1 aromatic carbocycles. The minimum Gasteiger partial charge on any atom is -0.490 e. The van der Waals surface area contributed by atoms with Gasteiger partial charge in [0, 0.05) is 12.1 Å². The predicted octanol–water partition coefficient (Wildman–Crippen LogP) is 3.42. The van der Waals surface area contributed by atoms with Crippen LogP contribution in [0.25, 0.3) is 0 Å². The third kappa shape index (κ3) is 5.70. The van der Waals surface area contributed by atoms with E-state index in [4.69, 9.17) is 10.5 Å². The lowest BCUT2D eigenvalue weighted by atomic mass is 9.87. The number of hydrogen-bond acceptors (Lipinski definition) is 3. The van der Waals surface area contributed by atoms with E-state index in [0.717, 1.165) is 24.2 Å². The number of benzene rings is 1. The van der Waals surface area contributed by atoms with E-state index in [9.17, 15) is 4.79 Å². The Kier molecular flexibility index (Phi) is 7.36. The largest absolute Gasteiger partial charge is 0.490 e. The molecule has 0 aromatic heterocycles. The zero-order chi connectivity index (χ0) is 16.2. The fourth-order valence-electron chi connectivity index (χ4n) is 2.64. The zero-order valence-electron chi connectivity index (χ0n) is 14.3. The Balaban J connectivity index is 0.00000264. The Morgan fingerprint density at radius 1 is 1.30 bits per heavy atom. The van der Waals surface area contributed by atoms with Crippen LogP contribution in [0.2, 0.25) is 0 Å². The molecule has 0 spiro atoms. The summed E-state index contributed by atoms with van der Waals surface area (Å²) >= 11 is 0. The number of ether oxygens (including phenoxy) is 1. The first-order valence-electron chi connectivity index (χ1n) is 8.16. The topological polar surface area (TPSA) is 64.4 Å². The lowest BCUT2D eigenvalue weighted by molar-refractivity contribution is -0.124. The van der Waals surface area contributed by atoms with Gasteiger partial charge in [-0.15, -0.1) is 12.4 Å². The van der Waals surface area contributed by atoms with E-state index in [1.165, 1.54) is 12.8 Å². The molecule has 0 unspecified atom stereocenters. The van der Waals surface area contributed by atoms with Gasteiger partial charge in [-0.2, -0.15) is 0 Å². The van der Waals surface area contributed by atoms with Crippen molar-refractivity contribution in [3.63, 3.8) is 0 Å². The number of amides is 1. The maximum absolute atomic E-state index is 12.1. The number of hydrogen-bond donors (Lipinski definition) is 2. The summed E-state index contributed by atoms with van der Waals surface area (Å²) in [7, 11) is 0. The summed E-state index contributed by atoms with van der Waals surface area (Å²) < 4.78 is 6.08. The van der Waals surface area contributed by atoms with Gasteiger partial charge in [0.2, 0.25) is 5.91 Å². The molecule has 0 heterocycles. The molecule has 1 fully saturated rings. The van der Waals surface area contributed by atoms with Crippen LogP contribution in [-0.2, 0) is 11.3 Å². The fourth-order valence-corrected chi connectivity index (χ4v) is 2.64. The first-order chi connectivity index (χ1) is 10.4. The van der Waals surface area contributed by atoms with E-state index in [0.29, 0.717) is 12.6 Å². The van der Waals surface area contributed by atoms with Crippen LogP contribution in [0, 0.1) is 5.41 Å². The molecule has 130 valence electrons. The molecule has 5 heteroatoms. The van der Waals surface area contributed by atoms with Crippen LogP contribution in [-0.4, -0.2) is 18.1 Å². The van der Waals surface area contributed by atoms with Gasteiger partial charge in [0.05, 0.1) is 12.1 Å². The highest BCUT2D eigenvalue weighted by molar-refractivity contribution is 5.85. The number of halogens is 1. The lowest BCUT2D eigenvalue weighted by Crippen LogP contribution is -2.48. The Bertz CT molecular complexity index is 508. The molecule has 4 nitrogen and oxygen atoms in total. The van der Waals surface area contributed by atoms with Gasteiger partial charge >= 0.3 is 0 Å². The molecule has 0 bridgehead atoms. The van der Waals surface area contributed by atoms with Crippen molar-refractivity contribution in [3.05, 3.63) is 29.8 Å². The second kappa shape index (κ2) is 8.55.